The summed E-state index contributed by atoms with van der Waals surface area (Å²) >= 11 is 1.39. The Morgan fingerprint density at radius 2 is 2.14 bits per heavy atom. The van der Waals surface area contributed by atoms with E-state index in [-0.39, 0.29) is 23.5 Å². The fraction of sp³-hybridized carbons (Fsp3) is 0.409. The van der Waals surface area contributed by atoms with Gasteiger partial charge in [-0.1, -0.05) is 56.0 Å². The van der Waals surface area contributed by atoms with E-state index >= 15 is 0 Å². The molecule has 1 aromatic carbocycles. The molecule has 0 bridgehead atoms. The van der Waals surface area contributed by atoms with Crippen molar-refractivity contribution in [3.05, 3.63) is 54.6 Å². The van der Waals surface area contributed by atoms with Crippen LogP contribution in [0.4, 0.5) is 0 Å². The van der Waals surface area contributed by atoms with Gasteiger partial charge in [0.1, 0.15) is 5.75 Å². The summed E-state index contributed by atoms with van der Waals surface area (Å²) in [6.07, 6.45) is 9.36. The summed E-state index contributed by atoms with van der Waals surface area (Å²) in [4.78, 5) is 19.1. The minimum absolute atomic E-state index is 0.0313. The zero-order valence-electron chi connectivity index (χ0n) is 17.5. The smallest absolute Gasteiger partial charge is 0.250 e. The first-order chi connectivity index (χ1) is 14.0. The Hall–Kier alpha value is -2.54. The Kier molecular flexibility index (Phi) is 12.2. The predicted molar refractivity (Wildman–Crippen MR) is 125 cm³/mol. The van der Waals surface area contributed by atoms with E-state index in [0.717, 1.165) is 24.6 Å². The molecule has 0 radical (unpaired) electrons. The van der Waals surface area contributed by atoms with Crippen molar-refractivity contribution in [1.29, 1.82) is 0 Å². The third-order valence-corrected chi connectivity index (χ3v) is 4.77. The first-order valence-electron chi connectivity index (χ1n) is 9.84. The zero-order chi connectivity index (χ0) is 21.5. The summed E-state index contributed by atoms with van der Waals surface area (Å²) in [7, 11) is 0. The van der Waals surface area contributed by atoms with Crippen molar-refractivity contribution in [2.75, 3.05) is 18.8 Å². The number of nitrogens with zero attached hydrogens (tertiary/aromatic N) is 3. The number of rotatable bonds is 11. The molecule has 1 atom stereocenters. The second-order valence-electron chi connectivity index (χ2n) is 6.36. The van der Waals surface area contributed by atoms with Gasteiger partial charge in [0.2, 0.25) is 0 Å². The lowest BCUT2D eigenvalue weighted by Crippen LogP contribution is -2.32. The predicted octanol–water partition coefficient (Wildman–Crippen LogP) is 4.18. The number of amides is 1. The molecule has 7 heteroatoms. The highest BCUT2D eigenvalue weighted by atomic mass is 32.2. The normalized spacial score (nSPS) is 13.0. The monoisotopic (exact) mass is 416 g/mol. The summed E-state index contributed by atoms with van der Waals surface area (Å²) in [5, 5.41) is 14.5. The second kappa shape index (κ2) is 14.5. The fourth-order valence-corrected chi connectivity index (χ4v) is 3.30. The molecule has 1 aromatic rings. The number of benzene rings is 1. The van der Waals surface area contributed by atoms with Crippen molar-refractivity contribution in [3.8, 4) is 5.75 Å². The van der Waals surface area contributed by atoms with Crippen LogP contribution in [0.1, 0.15) is 39.2 Å². The Morgan fingerprint density at radius 1 is 1.38 bits per heavy atom. The van der Waals surface area contributed by atoms with E-state index in [0.29, 0.717) is 12.1 Å². The SMILES string of the molecule is C=CCN(CCC)C(=NC(C)/C=C\CC)SCC(=O)N/N=C/c1ccccc1O. The molecule has 1 unspecified atom stereocenters. The van der Waals surface area contributed by atoms with E-state index in [4.69, 9.17) is 4.99 Å². The number of amidine groups is 1. The van der Waals surface area contributed by atoms with Crippen LogP contribution in [0.25, 0.3) is 0 Å². The average Bonchev–Trinajstić information content (AvgIpc) is 2.71. The van der Waals surface area contributed by atoms with Gasteiger partial charge in [-0.3, -0.25) is 9.79 Å². The van der Waals surface area contributed by atoms with Crippen molar-refractivity contribution < 1.29 is 9.90 Å². The number of allylic oxidation sites excluding steroid dienone is 1. The van der Waals surface area contributed by atoms with Gasteiger partial charge < -0.3 is 10.0 Å². The summed E-state index contributed by atoms with van der Waals surface area (Å²) < 4.78 is 0. The number of hydrazone groups is 1. The first-order valence-corrected chi connectivity index (χ1v) is 10.8. The third-order valence-electron chi connectivity index (χ3n) is 3.74. The van der Waals surface area contributed by atoms with Crippen LogP contribution in [0, 0.1) is 0 Å². The quantitative estimate of drug-likeness (QED) is 0.245. The highest BCUT2D eigenvalue weighted by Gasteiger charge is 2.13. The maximum Gasteiger partial charge on any atom is 0.250 e. The Bertz CT molecular complexity index is 731. The maximum atomic E-state index is 12.2. The standard InChI is InChI=1S/C22H32N4O2S/c1-5-8-11-18(4)24-22(26(14-6-2)15-7-3)29-17-21(28)25-23-16-19-12-9-10-13-20(19)27/h6,8-13,16,18,27H,2,5,7,14-15,17H2,1,3-4H3,(H,25,28)/b11-8-,23-16+,24-22?. The molecule has 2 N–H and O–H groups in total. The van der Waals surface area contributed by atoms with Gasteiger partial charge in [-0.25, -0.2) is 5.43 Å². The molecule has 0 saturated heterocycles. The van der Waals surface area contributed by atoms with Crippen molar-refractivity contribution >= 4 is 29.1 Å². The molecular formula is C22H32N4O2S. The van der Waals surface area contributed by atoms with E-state index in [2.05, 4.69) is 48.0 Å². The summed E-state index contributed by atoms with van der Waals surface area (Å²) in [6.45, 7) is 11.6. The molecule has 158 valence electrons. The number of carbonyl (C=O) groups is 1. The van der Waals surface area contributed by atoms with Crippen LogP contribution < -0.4 is 5.43 Å². The molecule has 0 aliphatic carbocycles. The molecule has 1 rings (SSSR count). The largest absolute Gasteiger partial charge is 0.507 e. The number of hydrogen-bond acceptors (Lipinski definition) is 5. The Balaban J connectivity index is 2.75. The van der Waals surface area contributed by atoms with Gasteiger partial charge in [0.15, 0.2) is 5.17 Å². The van der Waals surface area contributed by atoms with Crippen molar-refractivity contribution in [2.45, 2.75) is 39.7 Å². The van der Waals surface area contributed by atoms with Gasteiger partial charge >= 0.3 is 0 Å². The van der Waals surface area contributed by atoms with Crippen LogP contribution in [0.5, 0.6) is 5.75 Å². The van der Waals surface area contributed by atoms with Gasteiger partial charge in [0, 0.05) is 18.7 Å². The number of carbonyl (C=O) groups excluding carboxylic acids is 1. The van der Waals surface area contributed by atoms with Crippen LogP contribution in [0.2, 0.25) is 0 Å². The lowest BCUT2D eigenvalue weighted by Gasteiger charge is -2.24. The number of phenols is 1. The van der Waals surface area contributed by atoms with Gasteiger partial charge in [-0.2, -0.15) is 5.10 Å². The Labute approximate surface area is 178 Å². The molecule has 6 nitrogen and oxygen atoms in total. The molecule has 0 saturated carbocycles. The van der Waals surface area contributed by atoms with Crippen molar-refractivity contribution in [1.82, 2.24) is 10.3 Å². The number of phenolic OH excluding ortho intramolecular Hbond substituents is 1. The number of para-hydroxylation sites is 1. The number of hydrogen-bond donors (Lipinski definition) is 2. The number of thioether (sulfide) groups is 1. The van der Waals surface area contributed by atoms with Gasteiger partial charge in [-0.15, -0.1) is 6.58 Å². The molecule has 0 aliphatic rings. The van der Waals surface area contributed by atoms with Crippen LogP contribution in [-0.2, 0) is 4.79 Å². The van der Waals surface area contributed by atoms with E-state index in [1.54, 1.807) is 24.3 Å². The highest BCUT2D eigenvalue weighted by molar-refractivity contribution is 8.14. The third kappa shape index (κ3) is 9.99. The Morgan fingerprint density at radius 3 is 2.79 bits per heavy atom. The molecule has 0 fully saturated rings. The molecule has 29 heavy (non-hydrogen) atoms. The maximum absolute atomic E-state index is 12.2. The highest BCUT2D eigenvalue weighted by Crippen LogP contribution is 2.14. The number of aliphatic imine (C=N–C) groups is 1. The molecule has 0 heterocycles. The van der Waals surface area contributed by atoms with Gasteiger partial charge in [-0.05, 0) is 31.9 Å². The van der Waals surface area contributed by atoms with Crippen molar-refractivity contribution in [2.24, 2.45) is 10.1 Å². The molecular weight excluding hydrogens is 384 g/mol. The second-order valence-corrected chi connectivity index (χ2v) is 7.31. The topological polar surface area (TPSA) is 77.3 Å². The molecule has 0 aromatic heterocycles. The summed E-state index contributed by atoms with van der Waals surface area (Å²) in [5.74, 6) is 0.0719. The average molecular weight is 417 g/mol. The minimum Gasteiger partial charge on any atom is -0.507 e. The van der Waals surface area contributed by atoms with E-state index < -0.39 is 0 Å². The summed E-state index contributed by atoms with van der Waals surface area (Å²) in [5.41, 5.74) is 3.04. The summed E-state index contributed by atoms with van der Waals surface area (Å²) in [6, 6.07) is 6.83. The lowest BCUT2D eigenvalue weighted by molar-refractivity contribution is -0.118. The van der Waals surface area contributed by atoms with Crippen LogP contribution in [0.15, 0.2) is 59.2 Å². The van der Waals surface area contributed by atoms with Gasteiger partial charge in [0.05, 0.1) is 18.0 Å². The van der Waals surface area contributed by atoms with Crippen molar-refractivity contribution in [3.63, 3.8) is 0 Å². The van der Waals surface area contributed by atoms with E-state index in [1.807, 2.05) is 13.0 Å². The lowest BCUT2D eigenvalue weighted by atomic mass is 10.2. The van der Waals surface area contributed by atoms with Crippen LogP contribution in [0.3, 0.4) is 0 Å². The molecule has 0 aliphatic heterocycles. The molecule has 1 amide bonds. The van der Waals surface area contributed by atoms with E-state index in [1.165, 1.54) is 18.0 Å². The first kappa shape index (κ1) is 24.5. The van der Waals surface area contributed by atoms with Gasteiger partial charge in [0.25, 0.3) is 5.91 Å². The fourth-order valence-electron chi connectivity index (χ4n) is 2.38. The molecule has 0 spiro atoms. The number of nitrogens with one attached hydrogen (secondary N) is 1. The zero-order valence-corrected chi connectivity index (χ0v) is 18.4. The van der Waals surface area contributed by atoms with Crippen LogP contribution in [-0.4, -0.2) is 52.2 Å². The van der Waals surface area contributed by atoms with E-state index in [9.17, 15) is 9.90 Å². The van der Waals surface area contributed by atoms with Crippen LogP contribution >= 0.6 is 11.8 Å². The number of aromatic hydroxyl groups is 1. The minimum atomic E-state index is -0.235.